The number of aromatic nitrogens is 3. The van der Waals surface area contributed by atoms with Crippen molar-refractivity contribution in [2.75, 3.05) is 12.3 Å². The molecule has 2 aromatic carbocycles. The molecule has 1 amide bonds. The second kappa shape index (κ2) is 6.22. The van der Waals surface area contributed by atoms with Crippen molar-refractivity contribution < 1.29 is 4.79 Å². The van der Waals surface area contributed by atoms with Crippen LogP contribution in [0.15, 0.2) is 48.5 Å². The van der Waals surface area contributed by atoms with Gasteiger partial charge in [0.15, 0.2) is 0 Å². The topological polar surface area (TPSA) is 77.9 Å². The summed E-state index contributed by atoms with van der Waals surface area (Å²) in [5.41, 5.74) is 9.38. The fourth-order valence-corrected chi connectivity index (χ4v) is 3.57. The molecule has 3 N–H and O–H groups in total. The standard InChI is InChI=1S/C20H21N5O/c1-13-18(19(21)24(2)23-13)20(26)22-11-12-25-16-9-5-3-7-14(16)15-8-4-6-10-17(15)25/h3-10H,11-12,21H2,1-2H3,(H,22,26). The van der Waals surface area contributed by atoms with Crippen LogP contribution >= 0.6 is 0 Å². The van der Waals surface area contributed by atoms with Crippen molar-refractivity contribution in [3.05, 3.63) is 59.8 Å². The molecule has 26 heavy (non-hydrogen) atoms. The minimum absolute atomic E-state index is 0.186. The molecule has 6 heteroatoms. The number of amides is 1. The zero-order valence-corrected chi connectivity index (χ0v) is 14.9. The predicted octanol–water partition coefficient (Wildman–Crippen LogP) is 2.85. The molecule has 0 saturated heterocycles. The monoisotopic (exact) mass is 347 g/mol. The molecular formula is C20H21N5O. The van der Waals surface area contributed by atoms with E-state index in [1.54, 1.807) is 14.0 Å². The summed E-state index contributed by atoms with van der Waals surface area (Å²) in [6, 6.07) is 16.7. The number of anilines is 1. The van der Waals surface area contributed by atoms with E-state index < -0.39 is 0 Å². The Morgan fingerprint density at radius 1 is 1.08 bits per heavy atom. The van der Waals surface area contributed by atoms with Gasteiger partial charge in [-0.05, 0) is 19.1 Å². The van der Waals surface area contributed by atoms with Crippen molar-refractivity contribution in [3.63, 3.8) is 0 Å². The maximum atomic E-state index is 12.5. The third-order valence-corrected chi connectivity index (χ3v) is 4.79. The molecule has 132 valence electrons. The number of aryl methyl sites for hydroxylation is 2. The Morgan fingerprint density at radius 3 is 2.19 bits per heavy atom. The molecule has 0 aliphatic heterocycles. The van der Waals surface area contributed by atoms with Crippen LogP contribution in [0.3, 0.4) is 0 Å². The third-order valence-electron chi connectivity index (χ3n) is 4.79. The van der Waals surface area contributed by atoms with Gasteiger partial charge in [-0.25, -0.2) is 0 Å². The SMILES string of the molecule is Cc1nn(C)c(N)c1C(=O)NCCn1c2ccccc2c2ccccc21. The van der Waals surface area contributed by atoms with E-state index in [0.717, 1.165) is 0 Å². The van der Waals surface area contributed by atoms with Crippen LogP contribution in [0.2, 0.25) is 0 Å². The summed E-state index contributed by atoms with van der Waals surface area (Å²) in [7, 11) is 1.73. The largest absolute Gasteiger partial charge is 0.383 e. The Morgan fingerprint density at radius 2 is 1.65 bits per heavy atom. The molecule has 4 rings (SSSR count). The molecule has 2 heterocycles. The lowest BCUT2D eigenvalue weighted by molar-refractivity contribution is 0.0953. The average Bonchev–Trinajstić information content (AvgIpc) is 3.09. The summed E-state index contributed by atoms with van der Waals surface area (Å²) in [4.78, 5) is 12.5. The highest BCUT2D eigenvalue weighted by atomic mass is 16.1. The molecule has 2 aromatic heterocycles. The zero-order chi connectivity index (χ0) is 18.3. The first-order chi connectivity index (χ1) is 12.6. The van der Waals surface area contributed by atoms with Gasteiger partial charge in [0.05, 0.1) is 5.69 Å². The van der Waals surface area contributed by atoms with Crippen molar-refractivity contribution in [2.24, 2.45) is 7.05 Å². The first-order valence-corrected chi connectivity index (χ1v) is 8.61. The van der Waals surface area contributed by atoms with Crippen LogP contribution in [0, 0.1) is 6.92 Å². The molecule has 0 fully saturated rings. The fraction of sp³-hybridized carbons (Fsp3) is 0.200. The number of nitrogens with one attached hydrogen (secondary N) is 1. The van der Waals surface area contributed by atoms with E-state index in [9.17, 15) is 4.79 Å². The maximum Gasteiger partial charge on any atom is 0.257 e. The first-order valence-electron chi connectivity index (χ1n) is 8.61. The van der Waals surface area contributed by atoms with Gasteiger partial charge >= 0.3 is 0 Å². The van der Waals surface area contributed by atoms with Crippen molar-refractivity contribution in [1.29, 1.82) is 0 Å². The average molecular weight is 347 g/mol. The molecule has 0 aliphatic rings. The minimum atomic E-state index is -0.186. The summed E-state index contributed by atoms with van der Waals surface area (Å²) >= 11 is 0. The normalized spacial score (nSPS) is 11.3. The van der Waals surface area contributed by atoms with Crippen LogP contribution in [0.5, 0.6) is 0 Å². The molecular weight excluding hydrogens is 326 g/mol. The quantitative estimate of drug-likeness (QED) is 0.596. The highest BCUT2D eigenvalue weighted by Gasteiger charge is 2.18. The zero-order valence-electron chi connectivity index (χ0n) is 14.9. The van der Waals surface area contributed by atoms with Gasteiger partial charge in [-0.15, -0.1) is 0 Å². The van der Waals surface area contributed by atoms with E-state index in [2.05, 4.69) is 51.4 Å². The number of fused-ring (bicyclic) bond motifs is 3. The molecule has 0 saturated carbocycles. The van der Waals surface area contributed by atoms with E-state index in [0.29, 0.717) is 30.2 Å². The van der Waals surface area contributed by atoms with E-state index in [1.807, 2.05) is 12.1 Å². The number of benzene rings is 2. The van der Waals surface area contributed by atoms with Crippen LogP contribution < -0.4 is 11.1 Å². The summed E-state index contributed by atoms with van der Waals surface area (Å²) in [5.74, 6) is 0.200. The first kappa shape index (κ1) is 16.2. The number of hydrogen-bond donors (Lipinski definition) is 2. The second-order valence-corrected chi connectivity index (χ2v) is 6.41. The Balaban J connectivity index is 1.59. The lowest BCUT2D eigenvalue weighted by atomic mass is 10.2. The molecule has 0 bridgehead atoms. The molecule has 0 radical (unpaired) electrons. The van der Waals surface area contributed by atoms with Crippen LogP contribution in [-0.2, 0) is 13.6 Å². The number of nitrogens with zero attached hydrogens (tertiary/aromatic N) is 3. The summed E-state index contributed by atoms with van der Waals surface area (Å²) in [6.07, 6.45) is 0. The van der Waals surface area contributed by atoms with Gasteiger partial charge in [-0.3, -0.25) is 9.48 Å². The van der Waals surface area contributed by atoms with E-state index in [-0.39, 0.29) is 5.91 Å². The number of hydrogen-bond acceptors (Lipinski definition) is 3. The third kappa shape index (κ3) is 2.50. The number of carbonyl (C=O) groups is 1. The van der Waals surface area contributed by atoms with Crippen molar-refractivity contribution in [2.45, 2.75) is 13.5 Å². The van der Waals surface area contributed by atoms with Crippen LogP contribution in [-0.4, -0.2) is 26.8 Å². The molecule has 0 aliphatic carbocycles. The Kier molecular flexibility index (Phi) is 3.88. The van der Waals surface area contributed by atoms with Gasteiger partial charge < -0.3 is 15.6 Å². The Hall–Kier alpha value is -3.28. The van der Waals surface area contributed by atoms with Crippen molar-refractivity contribution in [3.8, 4) is 0 Å². The number of nitrogens with two attached hydrogens (primary N) is 1. The number of rotatable bonds is 4. The van der Waals surface area contributed by atoms with E-state index >= 15 is 0 Å². The second-order valence-electron chi connectivity index (χ2n) is 6.41. The predicted molar refractivity (Wildman–Crippen MR) is 104 cm³/mol. The van der Waals surface area contributed by atoms with Crippen LogP contribution in [0.4, 0.5) is 5.82 Å². The highest BCUT2D eigenvalue weighted by molar-refractivity contribution is 6.08. The van der Waals surface area contributed by atoms with Crippen molar-refractivity contribution >= 4 is 33.5 Å². The fourth-order valence-electron chi connectivity index (χ4n) is 3.57. The van der Waals surface area contributed by atoms with Gasteiger partial charge in [0.1, 0.15) is 11.4 Å². The highest BCUT2D eigenvalue weighted by Crippen LogP contribution is 2.28. The number of para-hydroxylation sites is 2. The van der Waals surface area contributed by atoms with Gasteiger partial charge in [0.2, 0.25) is 0 Å². The number of nitrogen functional groups attached to an aromatic ring is 1. The molecule has 6 nitrogen and oxygen atoms in total. The Labute approximate surface area is 151 Å². The number of carbonyl (C=O) groups excluding carboxylic acids is 1. The molecule has 0 unspecified atom stereocenters. The van der Waals surface area contributed by atoms with Gasteiger partial charge in [-0.2, -0.15) is 5.10 Å². The maximum absolute atomic E-state index is 12.5. The minimum Gasteiger partial charge on any atom is -0.383 e. The summed E-state index contributed by atoms with van der Waals surface area (Å²) in [5, 5.41) is 9.61. The van der Waals surface area contributed by atoms with E-state index in [1.165, 1.54) is 26.5 Å². The summed E-state index contributed by atoms with van der Waals surface area (Å²) < 4.78 is 3.77. The van der Waals surface area contributed by atoms with Crippen molar-refractivity contribution in [1.82, 2.24) is 19.7 Å². The summed E-state index contributed by atoms with van der Waals surface area (Å²) in [6.45, 7) is 2.98. The smallest absolute Gasteiger partial charge is 0.257 e. The van der Waals surface area contributed by atoms with Gasteiger partial charge in [0, 0.05) is 41.9 Å². The van der Waals surface area contributed by atoms with Crippen LogP contribution in [0.1, 0.15) is 16.1 Å². The lowest BCUT2D eigenvalue weighted by Gasteiger charge is -2.09. The Bertz CT molecular complexity index is 1070. The van der Waals surface area contributed by atoms with Crippen LogP contribution in [0.25, 0.3) is 21.8 Å². The molecule has 0 atom stereocenters. The van der Waals surface area contributed by atoms with E-state index in [4.69, 9.17) is 5.73 Å². The lowest BCUT2D eigenvalue weighted by Crippen LogP contribution is -2.28. The van der Waals surface area contributed by atoms with Gasteiger partial charge in [0.25, 0.3) is 5.91 Å². The van der Waals surface area contributed by atoms with Gasteiger partial charge in [-0.1, -0.05) is 36.4 Å². The molecule has 0 spiro atoms. The molecule has 4 aromatic rings.